The molecule has 4 nitrogen and oxygen atoms in total. The van der Waals surface area contributed by atoms with E-state index in [1.54, 1.807) is 6.92 Å². The first-order chi connectivity index (χ1) is 5.06. The summed E-state index contributed by atoms with van der Waals surface area (Å²) in [5.74, 6) is 0. The van der Waals surface area contributed by atoms with Gasteiger partial charge >= 0.3 is 0 Å². The molecule has 0 amide bonds. The van der Waals surface area contributed by atoms with Crippen LogP contribution >= 0.6 is 0 Å². The molecule has 1 rings (SSSR count). The number of sulfonamides is 1. The quantitative estimate of drug-likeness (QED) is 0.589. The first-order valence-corrected chi connectivity index (χ1v) is 4.93. The van der Waals surface area contributed by atoms with Crippen LogP contribution in [0.25, 0.3) is 0 Å². The zero-order chi connectivity index (χ0) is 8.48. The molecule has 1 aliphatic heterocycles. The van der Waals surface area contributed by atoms with E-state index in [2.05, 4.69) is 0 Å². The van der Waals surface area contributed by atoms with E-state index in [0.717, 1.165) is 5.41 Å². The number of aliphatic hydroxyl groups excluding tert-OH is 1. The van der Waals surface area contributed by atoms with E-state index in [4.69, 9.17) is 5.11 Å². The van der Waals surface area contributed by atoms with Crippen LogP contribution < -0.4 is 0 Å². The Kier molecular flexibility index (Phi) is 2.31. The van der Waals surface area contributed by atoms with Crippen molar-refractivity contribution in [3.63, 3.8) is 0 Å². The molecule has 1 N–H and O–H groups in total. The normalized spacial score (nSPS) is 30.5. The first kappa shape index (κ1) is 8.70. The SMILES string of the molecule is CCN1CC(O)C=CS1(=O)=O. The van der Waals surface area contributed by atoms with Crippen LogP contribution in [0, 0.1) is 0 Å². The standard InChI is InChI=1S/C6H11NO3S/c1-2-7-5-6(8)3-4-11(7,9)10/h3-4,6,8H,2,5H2,1H3. The van der Waals surface area contributed by atoms with E-state index < -0.39 is 16.1 Å². The molecule has 0 aromatic carbocycles. The predicted molar refractivity (Wildman–Crippen MR) is 41.3 cm³/mol. The van der Waals surface area contributed by atoms with Crippen molar-refractivity contribution in [1.82, 2.24) is 4.31 Å². The van der Waals surface area contributed by atoms with Gasteiger partial charge in [0, 0.05) is 18.5 Å². The largest absolute Gasteiger partial charge is 0.388 e. The summed E-state index contributed by atoms with van der Waals surface area (Å²) in [7, 11) is -3.21. The fourth-order valence-electron chi connectivity index (χ4n) is 0.958. The van der Waals surface area contributed by atoms with Gasteiger partial charge in [-0.25, -0.2) is 8.42 Å². The van der Waals surface area contributed by atoms with Crippen LogP contribution in [0.5, 0.6) is 0 Å². The minimum absolute atomic E-state index is 0.176. The molecule has 0 aliphatic carbocycles. The van der Waals surface area contributed by atoms with Crippen LogP contribution in [0.1, 0.15) is 6.92 Å². The molecule has 0 spiro atoms. The Bertz CT molecular complexity index is 257. The van der Waals surface area contributed by atoms with Crippen molar-refractivity contribution < 1.29 is 13.5 Å². The number of aliphatic hydroxyl groups is 1. The molecule has 0 aromatic heterocycles. The minimum atomic E-state index is -3.21. The number of rotatable bonds is 1. The maximum Gasteiger partial charge on any atom is 0.236 e. The third kappa shape index (κ3) is 1.79. The van der Waals surface area contributed by atoms with E-state index in [-0.39, 0.29) is 6.54 Å². The maximum atomic E-state index is 11.1. The Morgan fingerprint density at radius 1 is 1.73 bits per heavy atom. The van der Waals surface area contributed by atoms with Crippen molar-refractivity contribution in [3.8, 4) is 0 Å². The number of hydrogen-bond donors (Lipinski definition) is 1. The van der Waals surface area contributed by atoms with Crippen LogP contribution in [0.4, 0.5) is 0 Å². The van der Waals surface area contributed by atoms with Gasteiger partial charge < -0.3 is 5.11 Å². The van der Waals surface area contributed by atoms with Gasteiger partial charge in [-0.15, -0.1) is 0 Å². The molecule has 64 valence electrons. The van der Waals surface area contributed by atoms with Crippen molar-refractivity contribution in [1.29, 1.82) is 0 Å². The van der Waals surface area contributed by atoms with Crippen LogP contribution in [0.2, 0.25) is 0 Å². The average molecular weight is 177 g/mol. The van der Waals surface area contributed by atoms with Gasteiger partial charge in [-0.3, -0.25) is 0 Å². The summed E-state index contributed by atoms with van der Waals surface area (Å²) >= 11 is 0. The maximum absolute atomic E-state index is 11.1. The highest BCUT2D eigenvalue weighted by atomic mass is 32.2. The molecule has 0 saturated heterocycles. The van der Waals surface area contributed by atoms with Gasteiger partial charge in [0.2, 0.25) is 10.0 Å². The molecule has 11 heavy (non-hydrogen) atoms. The monoisotopic (exact) mass is 177 g/mol. The fourth-order valence-corrected chi connectivity index (χ4v) is 2.23. The van der Waals surface area contributed by atoms with Crippen molar-refractivity contribution >= 4 is 10.0 Å². The third-order valence-electron chi connectivity index (χ3n) is 1.58. The number of β-amino-alcohol motifs (C(OH)–C–C–N with tert-alkyl or cyclic N) is 1. The minimum Gasteiger partial charge on any atom is -0.388 e. The molecule has 5 heteroatoms. The highest BCUT2D eigenvalue weighted by Gasteiger charge is 2.23. The molecule has 1 unspecified atom stereocenters. The van der Waals surface area contributed by atoms with Gasteiger partial charge in [0.25, 0.3) is 0 Å². The Balaban J connectivity index is 2.90. The number of hydrogen-bond acceptors (Lipinski definition) is 3. The van der Waals surface area contributed by atoms with Crippen LogP contribution in [0.15, 0.2) is 11.5 Å². The Morgan fingerprint density at radius 3 is 2.82 bits per heavy atom. The lowest BCUT2D eigenvalue weighted by Gasteiger charge is -2.23. The first-order valence-electron chi connectivity index (χ1n) is 3.42. The topological polar surface area (TPSA) is 57.6 Å². The molecule has 0 fully saturated rings. The van der Waals surface area contributed by atoms with Gasteiger partial charge in [0.05, 0.1) is 6.10 Å². The van der Waals surface area contributed by atoms with Crippen molar-refractivity contribution in [3.05, 3.63) is 11.5 Å². The fraction of sp³-hybridized carbons (Fsp3) is 0.667. The lowest BCUT2D eigenvalue weighted by Crippen LogP contribution is -2.38. The van der Waals surface area contributed by atoms with Crippen LogP contribution in [-0.4, -0.2) is 37.0 Å². The zero-order valence-corrected chi connectivity index (χ0v) is 7.08. The van der Waals surface area contributed by atoms with Crippen LogP contribution in [0.3, 0.4) is 0 Å². The lowest BCUT2D eigenvalue weighted by molar-refractivity contribution is 0.187. The molecule has 1 aliphatic rings. The van der Waals surface area contributed by atoms with Crippen molar-refractivity contribution in [2.24, 2.45) is 0 Å². The van der Waals surface area contributed by atoms with Gasteiger partial charge in [-0.2, -0.15) is 4.31 Å². The van der Waals surface area contributed by atoms with E-state index in [9.17, 15) is 8.42 Å². The second-order valence-corrected chi connectivity index (χ2v) is 4.21. The van der Waals surface area contributed by atoms with Gasteiger partial charge in [-0.05, 0) is 6.08 Å². The summed E-state index contributed by atoms with van der Waals surface area (Å²) in [6.07, 6.45) is 0.639. The molecule has 0 radical (unpaired) electrons. The van der Waals surface area contributed by atoms with E-state index >= 15 is 0 Å². The molecule has 1 heterocycles. The smallest absolute Gasteiger partial charge is 0.236 e. The summed E-state index contributed by atoms with van der Waals surface area (Å²) in [6.45, 7) is 2.32. The van der Waals surface area contributed by atoms with Gasteiger partial charge in [0.15, 0.2) is 0 Å². The molecule has 0 saturated carbocycles. The molecule has 0 bridgehead atoms. The summed E-state index contributed by atoms with van der Waals surface area (Å²) in [4.78, 5) is 0. The highest BCUT2D eigenvalue weighted by Crippen LogP contribution is 2.10. The summed E-state index contributed by atoms with van der Waals surface area (Å²) in [5.41, 5.74) is 0. The number of nitrogens with zero attached hydrogens (tertiary/aromatic N) is 1. The molecular weight excluding hydrogens is 166 g/mol. The van der Waals surface area contributed by atoms with Crippen molar-refractivity contribution in [2.45, 2.75) is 13.0 Å². The Morgan fingerprint density at radius 2 is 2.36 bits per heavy atom. The Labute approximate surface area is 66.2 Å². The highest BCUT2D eigenvalue weighted by molar-refractivity contribution is 7.92. The Hall–Kier alpha value is -0.390. The van der Waals surface area contributed by atoms with E-state index in [1.165, 1.54) is 10.4 Å². The predicted octanol–water partition coefficient (Wildman–Crippen LogP) is -0.474. The number of likely N-dealkylation sites (N-methyl/N-ethyl adjacent to an activating group) is 1. The van der Waals surface area contributed by atoms with Gasteiger partial charge in [-0.1, -0.05) is 6.92 Å². The van der Waals surface area contributed by atoms with Crippen molar-refractivity contribution in [2.75, 3.05) is 13.1 Å². The lowest BCUT2D eigenvalue weighted by atomic mass is 10.3. The summed E-state index contributed by atoms with van der Waals surface area (Å²) in [6, 6.07) is 0. The molecular formula is C6H11NO3S. The summed E-state index contributed by atoms with van der Waals surface area (Å²) < 4.78 is 23.4. The second kappa shape index (κ2) is 2.92. The van der Waals surface area contributed by atoms with Crippen LogP contribution in [-0.2, 0) is 10.0 Å². The van der Waals surface area contributed by atoms with E-state index in [0.29, 0.717) is 6.54 Å². The van der Waals surface area contributed by atoms with Gasteiger partial charge in [0.1, 0.15) is 0 Å². The molecule has 1 atom stereocenters. The summed E-state index contributed by atoms with van der Waals surface area (Å²) in [5, 5.41) is 10.1. The van der Waals surface area contributed by atoms with E-state index in [1.807, 2.05) is 0 Å². The third-order valence-corrected chi connectivity index (χ3v) is 3.20. The second-order valence-electron chi connectivity index (χ2n) is 2.39. The average Bonchev–Trinajstić information content (AvgIpc) is 1.94. The molecule has 0 aromatic rings. The zero-order valence-electron chi connectivity index (χ0n) is 6.27.